The summed E-state index contributed by atoms with van der Waals surface area (Å²) in [4.78, 5) is 4.49. The van der Waals surface area contributed by atoms with Crippen LogP contribution < -0.4 is 14.8 Å². The Labute approximate surface area is 152 Å². The molecule has 6 nitrogen and oxygen atoms in total. The maximum absolute atomic E-state index is 12.9. The Balaban J connectivity index is 1.71. The summed E-state index contributed by atoms with van der Waals surface area (Å²) in [6.07, 6.45) is 1.67. The number of para-hydroxylation sites is 1. The Morgan fingerprint density at radius 1 is 1.19 bits per heavy atom. The summed E-state index contributed by atoms with van der Waals surface area (Å²) in [6.45, 7) is 3.92. The molecule has 0 spiro atoms. The smallest absolute Gasteiger partial charge is 0.264 e. The standard InChI is InChI=1S/C19H19N3O3S/c1-13-9-14-3-2-4-18(19(14)21-11-13)26(23,24)22-16-5-6-17-15(10-16)12-20-7-8-25-17/h2-6,9-11,20,22H,7-8,12H2,1H3. The highest BCUT2D eigenvalue weighted by molar-refractivity contribution is 7.93. The number of nitrogens with one attached hydrogen (secondary N) is 2. The molecule has 0 saturated carbocycles. The second-order valence-electron chi connectivity index (χ2n) is 6.29. The molecule has 1 aliphatic heterocycles. The third kappa shape index (κ3) is 3.23. The average molecular weight is 369 g/mol. The molecule has 1 aliphatic rings. The molecule has 0 bridgehead atoms. The minimum Gasteiger partial charge on any atom is -0.492 e. The number of ether oxygens (including phenoxy) is 1. The molecule has 2 heterocycles. The molecule has 134 valence electrons. The lowest BCUT2D eigenvalue weighted by Gasteiger charge is -2.13. The van der Waals surface area contributed by atoms with Crippen LogP contribution in [0.3, 0.4) is 0 Å². The number of pyridine rings is 1. The van der Waals surface area contributed by atoms with Gasteiger partial charge in [-0.2, -0.15) is 0 Å². The SMILES string of the molecule is Cc1cnc2c(S(=O)(=O)Nc3ccc4c(c3)CNCCO4)cccc2c1. The van der Waals surface area contributed by atoms with Crippen LogP contribution in [-0.2, 0) is 16.6 Å². The zero-order valence-electron chi connectivity index (χ0n) is 14.3. The Morgan fingerprint density at radius 2 is 2.08 bits per heavy atom. The minimum atomic E-state index is -3.76. The summed E-state index contributed by atoms with van der Waals surface area (Å²) in [6, 6.07) is 12.4. The van der Waals surface area contributed by atoms with E-state index in [9.17, 15) is 8.42 Å². The Kier molecular flexibility index (Phi) is 4.26. The van der Waals surface area contributed by atoms with Gasteiger partial charge in [0.15, 0.2) is 0 Å². The van der Waals surface area contributed by atoms with Crippen LogP contribution in [0.15, 0.2) is 53.6 Å². The number of anilines is 1. The molecular formula is C19H19N3O3S. The number of hydrogen-bond acceptors (Lipinski definition) is 5. The van der Waals surface area contributed by atoms with Crippen molar-refractivity contribution in [2.75, 3.05) is 17.9 Å². The maximum Gasteiger partial charge on any atom is 0.264 e. The molecule has 0 aliphatic carbocycles. The number of aromatic nitrogens is 1. The summed E-state index contributed by atoms with van der Waals surface area (Å²) < 4.78 is 34.2. The van der Waals surface area contributed by atoms with E-state index in [0.29, 0.717) is 24.4 Å². The largest absolute Gasteiger partial charge is 0.492 e. The first-order valence-corrected chi connectivity index (χ1v) is 9.86. The van der Waals surface area contributed by atoms with E-state index in [0.717, 1.165) is 28.8 Å². The Morgan fingerprint density at radius 3 is 2.96 bits per heavy atom. The van der Waals surface area contributed by atoms with Crippen LogP contribution >= 0.6 is 0 Å². The second kappa shape index (κ2) is 6.59. The molecule has 0 atom stereocenters. The van der Waals surface area contributed by atoms with Crippen LogP contribution in [0.25, 0.3) is 10.9 Å². The fourth-order valence-electron chi connectivity index (χ4n) is 3.05. The quantitative estimate of drug-likeness (QED) is 0.742. The highest BCUT2D eigenvalue weighted by atomic mass is 32.2. The normalized spacial score (nSPS) is 14.3. The average Bonchev–Trinajstić information content (AvgIpc) is 2.85. The number of fused-ring (bicyclic) bond motifs is 2. The van der Waals surface area contributed by atoms with Gasteiger partial charge >= 0.3 is 0 Å². The predicted molar refractivity (Wildman–Crippen MR) is 101 cm³/mol. The van der Waals surface area contributed by atoms with Gasteiger partial charge in [-0.3, -0.25) is 9.71 Å². The van der Waals surface area contributed by atoms with Gasteiger partial charge in [0.1, 0.15) is 17.3 Å². The molecule has 0 amide bonds. The topological polar surface area (TPSA) is 80.3 Å². The number of nitrogens with zero attached hydrogens (tertiary/aromatic N) is 1. The third-order valence-corrected chi connectivity index (χ3v) is 5.68. The lowest BCUT2D eigenvalue weighted by molar-refractivity contribution is 0.326. The third-order valence-electron chi connectivity index (χ3n) is 4.26. The van der Waals surface area contributed by atoms with E-state index in [2.05, 4.69) is 15.0 Å². The van der Waals surface area contributed by atoms with Crippen LogP contribution in [0.1, 0.15) is 11.1 Å². The Bertz CT molecular complexity index is 1080. The zero-order valence-corrected chi connectivity index (χ0v) is 15.1. The molecule has 2 aromatic carbocycles. The molecular weight excluding hydrogens is 350 g/mol. The molecule has 26 heavy (non-hydrogen) atoms. The van der Waals surface area contributed by atoms with Crippen molar-refractivity contribution in [1.82, 2.24) is 10.3 Å². The molecule has 3 aromatic rings. The monoisotopic (exact) mass is 369 g/mol. The van der Waals surface area contributed by atoms with Gasteiger partial charge in [0.25, 0.3) is 10.0 Å². The Hall–Kier alpha value is -2.64. The van der Waals surface area contributed by atoms with E-state index < -0.39 is 10.0 Å². The molecule has 7 heteroatoms. The highest BCUT2D eigenvalue weighted by Gasteiger charge is 2.19. The first-order chi connectivity index (χ1) is 12.5. The van der Waals surface area contributed by atoms with Crippen LogP contribution in [0.4, 0.5) is 5.69 Å². The minimum absolute atomic E-state index is 0.166. The van der Waals surface area contributed by atoms with Crippen LogP contribution in [-0.4, -0.2) is 26.6 Å². The van der Waals surface area contributed by atoms with Gasteiger partial charge in [0.05, 0.1) is 5.52 Å². The van der Waals surface area contributed by atoms with Gasteiger partial charge < -0.3 is 10.1 Å². The van der Waals surface area contributed by atoms with E-state index >= 15 is 0 Å². The number of benzene rings is 2. The number of aryl methyl sites for hydroxylation is 1. The van der Waals surface area contributed by atoms with Crippen molar-refractivity contribution in [2.45, 2.75) is 18.4 Å². The lowest BCUT2D eigenvalue weighted by Crippen LogP contribution is -2.16. The van der Waals surface area contributed by atoms with Gasteiger partial charge in [-0.15, -0.1) is 0 Å². The molecule has 0 unspecified atom stereocenters. The van der Waals surface area contributed by atoms with Gasteiger partial charge in [-0.1, -0.05) is 12.1 Å². The van der Waals surface area contributed by atoms with Crippen molar-refractivity contribution in [3.8, 4) is 5.75 Å². The fraction of sp³-hybridized carbons (Fsp3) is 0.211. The fourth-order valence-corrected chi connectivity index (χ4v) is 4.28. The predicted octanol–water partition coefficient (Wildman–Crippen LogP) is 2.83. The molecule has 2 N–H and O–H groups in total. The lowest BCUT2D eigenvalue weighted by atomic mass is 10.2. The van der Waals surface area contributed by atoms with Crippen LogP contribution in [0.2, 0.25) is 0 Å². The summed E-state index contributed by atoms with van der Waals surface area (Å²) in [7, 11) is -3.76. The van der Waals surface area contributed by atoms with Gasteiger partial charge in [-0.25, -0.2) is 8.42 Å². The second-order valence-corrected chi connectivity index (χ2v) is 7.94. The van der Waals surface area contributed by atoms with Crippen molar-refractivity contribution in [2.24, 2.45) is 0 Å². The van der Waals surface area contributed by atoms with Crippen molar-refractivity contribution in [3.63, 3.8) is 0 Å². The first-order valence-electron chi connectivity index (χ1n) is 8.37. The molecule has 0 saturated heterocycles. The summed E-state index contributed by atoms with van der Waals surface area (Å²) >= 11 is 0. The highest BCUT2D eigenvalue weighted by Crippen LogP contribution is 2.27. The zero-order chi connectivity index (χ0) is 18.1. The van der Waals surface area contributed by atoms with Gasteiger partial charge in [-0.05, 0) is 42.8 Å². The van der Waals surface area contributed by atoms with E-state index in [-0.39, 0.29) is 4.90 Å². The van der Waals surface area contributed by atoms with Gasteiger partial charge in [0, 0.05) is 35.9 Å². The molecule has 1 aromatic heterocycles. The summed E-state index contributed by atoms with van der Waals surface area (Å²) in [5.41, 5.74) is 2.87. The molecule has 4 rings (SSSR count). The summed E-state index contributed by atoms with van der Waals surface area (Å²) in [5, 5.41) is 4.04. The molecule has 0 radical (unpaired) electrons. The molecule has 0 fully saturated rings. The van der Waals surface area contributed by atoms with Crippen molar-refractivity contribution in [3.05, 3.63) is 59.8 Å². The maximum atomic E-state index is 12.9. The van der Waals surface area contributed by atoms with Gasteiger partial charge in [0.2, 0.25) is 0 Å². The van der Waals surface area contributed by atoms with E-state index in [1.807, 2.05) is 19.1 Å². The number of hydrogen-bond donors (Lipinski definition) is 2. The van der Waals surface area contributed by atoms with E-state index in [4.69, 9.17) is 4.74 Å². The number of sulfonamides is 1. The van der Waals surface area contributed by atoms with Crippen LogP contribution in [0.5, 0.6) is 5.75 Å². The van der Waals surface area contributed by atoms with Crippen LogP contribution in [0, 0.1) is 6.92 Å². The van der Waals surface area contributed by atoms with Crippen molar-refractivity contribution >= 4 is 26.6 Å². The summed E-state index contributed by atoms with van der Waals surface area (Å²) in [5.74, 6) is 0.778. The van der Waals surface area contributed by atoms with Crippen molar-refractivity contribution in [1.29, 1.82) is 0 Å². The first kappa shape index (κ1) is 16.8. The van der Waals surface area contributed by atoms with E-state index in [1.54, 1.807) is 36.5 Å². The van der Waals surface area contributed by atoms with Crippen molar-refractivity contribution < 1.29 is 13.2 Å². The number of rotatable bonds is 3. The van der Waals surface area contributed by atoms with E-state index in [1.165, 1.54) is 0 Å².